The van der Waals surface area contributed by atoms with Crippen molar-refractivity contribution in [3.05, 3.63) is 11.3 Å². The van der Waals surface area contributed by atoms with Crippen molar-refractivity contribution in [3.63, 3.8) is 0 Å². The van der Waals surface area contributed by atoms with Crippen molar-refractivity contribution in [1.82, 2.24) is 15.3 Å². The van der Waals surface area contributed by atoms with Crippen LogP contribution in [0.3, 0.4) is 0 Å². The number of nitrogen functional groups attached to an aromatic ring is 1. The van der Waals surface area contributed by atoms with Crippen LogP contribution in [0.15, 0.2) is 6.33 Å². The Hall–Kier alpha value is -1.56. The number of halogens is 1. The van der Waals surface area contributed by atoms with E-state index < -0.39 is 0 Å². The van der Waals surface area contributed by atoms with Gasteiger partial charge in [0.25, 0.3) is 0 Å². The minimum Gasteiger partial charge on any atom is -0.382 e. The summed E-state index contributed by atoms with van der Waals surface area (Å²) in [5, 5.41) is 3.04. The highest BCUT2D eigenvalue weighted by molar-refractivity contribution is 6.35. The summed E-state index contributed by atoms with van der Waals surface area (Å²) in [6.45, 7) is 3.95. The van der Waals surface area contributed by atoms with Crippen molar-refractivity contribution in [2.75, 3.05) is 24.2 Å². The van der Waals surface area contributed by atoms with E-state index in [9.17, 15) is 4.79 Å². The molecule has 1 aromatic heterocycles. The van der Waals surface area contributed by atoms with Gasteiger partial charge in [-0.05, 0) is 13.8 Å². The number of likely N-dealkylation sites (N-methyl/N-ethyl adjacent to an activating group) is 1. The topological polar surface area (TPSA) is 84.1 Å². The standard InChI is InChI=1S/C10H16ClN5O/c1-6(2)15-7(17)4-16(3)10-8(11)9(12)13-5-14-10/h5-6H,4H2,1-3H3,(H,15,17)(H2,12,13,14). The molecule has 1 aromatic rings. The SMILES string of the molecule is CC(C)NC(=O)CN(C)c1ncnc(N)c1Cl. The molecule has 3 N–H and O–H groups in total. The molecule has 0 aliphatic rings. The number of nitrogens with one attached hydrogen (secondary N) is 1. The minimum atomic E-state index is -0.101. The Labute approximate surface area is 105 Å². The summed E-state index contributed by atoms with van der Waals surface area (Å²) in [6.07, 6.45) is 1.31. The normalized spacial score (nSPS) is 10.4. The van der Waals surface area contributed by atoms with Crippen molar-refractivity contribution < 1.29 is 4.79 Å². The number of anilines is 2. The Balaban J connectivity index is 2.73. The first kappa shape index (κ1) is 13.5. The van der Waals surface area contributed by atoms with Gasteiger partial charge in [0.15, 0.2) is 5.82 Å². The molecule has 0 fully saturated rings. The molecule has 0 aromatic carbocycles. The van der Waals surface area contributed by atoms with Gasteiger partial charge in [0, 0.05) is 13.1 Å². The average molecular weight is 258 g/mol. The van der Waals surface area contributed by atoms with E-state index in [1.54, 1.807) is 11.9 Å². The lowest BCUT2D eigenvalue weighted by atomic mass is 10.3. The molecule has 0 saturated heterocycles. The lowest BCUT2D eigenvalue weighted by Crippen LogP contribution is -2.39. The predicted molar refractivity (Wildman–Crippen MR) is 68.0 cm³/mol. The van der Waals surface area contributed by atoms with Crippen LogP contribution in [0, 0.1) is 0 Å². The van der Waals surface area contributed by atoms with Gasteiger partial charge in [-0.2, -0.15) is 0 Å². The second-order valence-electron chi connectivity index (χ2n) is 3.97. The number of nitrogens with two attached hydrogens (primary N) is 1. The average Bonchev–Trinajstić information content (AvgIpc) is 2.20. The zero-order chi connectivity index (χ0) is 13.0. The molecule has 7 heteroatoms. The van der Waals surface area contributed by atoms with Gasteiger partial charge in [0.2, 0.25) is 5.91 Å². The van der Waals surface area contributed by atoms with Gasteiger partial charge in [0.1, 0.15) is 17.2 Å². The first-order valence-electron chi connectivity index (χ1n) is 5.18. The molecule has 94 valence electrons. The summed E-state index contributed by atoms with van der Waals surface area (Å²) in [4.78, 5) is 20.9. The Morgan fingerprint density at radius 2 is 2.24 bits per heavy atom. The zero-order valence-corrected chi connectivity index (χ0v) is 10.8. The molecule has 6 nitrogen and oxygen atoms in total. The molecule has 0 aliphatic carbocycles. The van der Waals surface area contributed by atoms with Gasteiger partial charge < -0.3 is 16.0 Å². The second-order valence-corrected chi connectivity index (χ2v) is 4.35. The maximum atomic E-state index is 11.6. The summed E-state index contributed by atoms with van der Waals surface area (Å²) in [6, 6.07) is 0.0989. The first-order chi connectivity index (χ1) is 7.91. The molecule has 0 aliphatic heterocycles. The smallest absolute Gasteiger partial charge is 0.239 e. The van der Waals surface area contributed by atoms with Crippen LogP contribution in [0.1, 0.15) is 13.8 Å². The van der Waals surface area contributed by atoms with Crippen LogP contribution in [0.25, 0.3) is 0 Å². The third-order valence-corrected chi connectivity index (χ3v) is 2.35. The van der Waals surface area contributed by atoms with Crippen molar-refractivity contribution in [2.24, 2.45) is 0 Å². The molecule has 0 spiro atoms. The van der Waals surface area contributed by atoms with Gasteiger partial charge in [-0.25, -0.2) is 9.97 Å². The largest absolute Gasteiger partial charge is 0.382 e. The van der Waals surface area contributed by atoms with E-state index in [1.165, 1.54) is 6.33 Å². The molecule has 0 bridgehead atoms. The lowest BCUT2D eigenvalue weighted by molar-refractivity contribution is -0.120. The highest BCUT2D eigenvalue weighted by atomic mass is 35.5. The fourth-order valence-electron chi connectivity index (χ4n) is 1.30. The van der Waals surface area contributed by atoms with Crippen molar-refractivity contribution >= 4 is 29.1 Å². The molecule has 1 heterocycles. The highest BCUT2D eigenvalue weighted by Gasteiger charge is 2.14. The number of rotatable bonds is 4. The summed E-state index contributed by atoms with van der Waals surface area (Å²) in [5.41, 5.74) is 5.56. The van der Waals surface area contributed by atoms with Crippen LogP contribution in [-0.4, -0.2) is 35.5 Å². The summed E-state index contributed by atoms with van der Waals surface area (Å²) < 4.78 is 0. The molecular weight excluding hydrogens is 242 g/mol. The lowest BCUT2D eigenvalue weighted by Gasteiger charge is -2.19. The van der Waals surface area contributed by atoms with Crippen LogP contribution in [0.2, 0.25) is 5.02 Å². The molecule has 0 saturated carbocycles. The fourth-order valence-corrected chi connectivity index (χ4v) is 1.54. The zero-order valence-electron chi connectivity index (χ0n) is 10.1. The third-order valence-electron chi connectivity index (χ3n) is 1.99. The van der Waals surface area contributed by atoms with E-state index in [-0.39, 0.29) is 29.3 Å². The fraction of sp³-hybridized carbons (Fsp3) is 0.500. The number of nitrogens with zero attached hydrogens (tertiary/aromatic N) is 3. The van der Waals surface area contributed by atoms with Gasteiger partial charge in [-0.3, -0.25) is 4.79 Å². The molecular formula is C10H16ClN5O. The molecule has 0 atom stereocenters. The van der Waals surface area contributed by atoms with Crippen LogP contribution in [0.4, 0.5) is 11.6 Å². The number of hydrogen-bond acceptors (Lipinski definition) is 5. The molecule has 0 radical (unpaired) electrons. The number of carbonyl (C=O) groups is 1. The van der Waals surface area contributed by atoms with E-state index in [1.807, 2.05) is 13.8 Å². The van der Waals surface area contributed by atoms with Gasteiger partial charge in [0.05, 0.1) is 6.54 Å². The number of amides is 1. The van der Waals surface area contributed by atoms with E-state index in [2.05, 4.69) is 15.3 Å². The molecule has 1 amide bonds. The van der Waals surface area contributed by atoms with Gasteiger partial charge in [-0.1, -0.05) is 11.6 Å². The Kier molecular flexibility index (Phi) is 4.51. The molecule has 1 rings (SSSR count). The Morgan fingerprint density at radius 3 is 2.82 bits per heavy atom. The maximum absolute atomic E-state index is 11.6. The first-order valence-corrected chi connectivity index (χ1v) is 5.56. The highest BCUT2D eigenvalue weighted by Crippen LogP contribution is 2.25. The van der Waals surface area contributed by atoms with Gasteiger partial charge >= 0.3 is 0 Å². The minimum absolute atomic E-state index is 0.0989. The van der Waals surface area contributed by atoms with Crippen LogP contribution in [-0.2, 0) is 4.79 Å². The van der Waals surface area contributed by atoms with Crippen LogP contribution >= 0.6 is 11.6 Å². The van der Waals surface area contributed by atoms with Crippen LogP contribution in [0.5, 0.6) is 0 Å². The van der Waals surface area contributed by atoms with Crippen molar-refractivity contribution in [2.45, 2.75) is 19.9 Å². The number of carbonyl (C=O) groups excluding carboxylic acids is 1. The van der Waals surface area contributed by atoms with Gasteiger partial charge in [-0.15, -0.1) is 0 Å². The Bertz CT molecular complexity index is 410. The van der Waals surface area contributed by atoms with Crippen LogP contribution < -0.4 is 16.0 Å². The Morgan fingerprint density at radius 1 is 1.59 bits per heavy atom. The summed E-state index contributed by atoms with van der Waals surface area (Å²) >= 11 is 5.95. The van der Waals surface area contributed by atoms with E-state index >= 15 is 0 Å². The quantitative estimate of drug-likeness (QED) is 0.828. The number of hydrogen-bond donors (Lipinski definition) is 2. The van der Waals surface area contributed by atoms with E-state index in [4.69, 9.17) is 17.3 Å². The molecule has 17 heavy (non-hydrogen) atoms. The van der Waals surface area contributed by atoms with Crippen molar-refractivity contribution in [1.29, 1.82) is 0 Å². The maximum Gasteiger partial charge on any atom is 0.239 e. The monoisotopic (exact) mass is 257 g/mol. The summed E-state index contributed by atoms with van der Waals surface area (Å²) in [7, 11) is 1.72. The predicted octanol–water partition coefficient (Wildman–Crippen LogP) is 0.673. The van der Waals surface area contributed by atoms with E-state index in [0.717, 1.165) is 0 Å². The van der Waals surface area contributed by atoms with Crippen molar-refractivity contribution in [3.8, 4) is 0 Å². The summed E-state index contributed by atoms with van der Waals surface area (Å²) in [5.74, 6) is 0.543. The van der Waals surface area contributed by atoms with E-state index in [0.29, 0.717) is 5.82 Å². The molecule has 0 unspecified atom stereocenters. The third kappa shape index (κ3) is 3.74. The number of aromatic nitrogens is 2. The second kappa shape index (κ2) is 5.67.